The highest BCUT2D eigenvalue weighted by molar-refractivity contribution is 6.13. The Labute approximate surface area is 162 Å². The zero-order valence-electron chi connectivity index (χ0n) is 15.7. The van der Waals surface area contributed by atoms with Crippen molar-refractivity contribution in [1.82, 2.24) is 14.8 Å². The number of pyridine rings is 1. The number of para-hydroxylation sites is 1. The minimum atomic E-state index is -0.198. The number of fused-ring (bicyclic) bond motifs is 1. The van der Waals surface area contributed by atoms with Gasteiger partial charge in [-0.15, -0.1) is 0 Å². The number of hydrogen-bond donors (Lipinski definition) is 1. The predicted octanol–water partition coefficient (Wildman–Crippen LogP) is 4.38. The van der Waals surface area contributed by atoms with Gasteiger partial charge in [0.05, 0.1) is 30.1 Å². The number of rotatable bonds is 5. The molecule has 2 aromatic carbocycles. The molecule has 1 amide bonds. The van der Waals surface area contributed by atoms with Crippen LogP contribution in [0.1, 0.15) is 17.3 Å². The highest BCUT2D eigenvalue weighted by Gasteiger charge is 2.15. The van der Waals surface area contributed by atoms with Crippen molar-refractivity contribution in [3.63, 3.8) is 0 Å². The standard InChI is InChI=1S/C22H20N4O2/c1-3-26-14-15(13-23-26)21-12-19(18-9-4-5-10-20(18)25-21)22(27)24-16-7-6-8-17(11-16)28-2/h4-14H,3H2,1-2H3,(H,24,27). The van der Waals surface area contributed by atoms with E-state index in [1.807, 2.05) is 66.3 Å². The number of carbonyl (C=O) groups excluding carboxylic acids is 1. The van der Waals surface area contributed by atoms with Crippen molar-refractivity contribution in [2.45, 2.75) is 13.5 Å². The Hall–Kier alpha value is -3.67. The summed E-state index contributed by atoms with van der Waals surface area (Å²) in [5.74, 6) is 0.487. The van der Waals surface area contributed by atoms with Crippen LogP contribution in [0.4, 0.5) is 5.69 Å². The summed E-state index contributed by atoms with van der Waals surface area (Å²) in [7, 11) is 1.60. The molecule has 6 heteroatoms. The number of aryl methyl sites for hydroxylation is 1. The number of hydrogen-bond acceptors (Lipinski definition) is 4. The first-order chi connectivity index (χ1) is 13.7. The fourth-order valence-corrected chi connectivity index (χ4v) is 3.08. The number of nitrogens with one attached hydrogen (secondary N) is 1. The average Bonchev–Trinajstić information content (AvgIpc) is 3.22. The maximum Gasteiger partial charge on any atom is 0.256 e. The van der Waals surface area contributed by atoms with Gasteiger partial charge in [-0.2, -0.15) is 5.10 Å². The summed E-state index contributed by atoms with van der Waals surface area (Å²) < 4.78 is 7.07. The Morgan fingerprint density at radius 3 is 2.79 bits per heavy atom. The first-order valence-corrected chi connectivity index (χ1v) is 9.06. The predicted molar refractivity (Wildman–Crippen MR) is 110 cm³/mol. The lowest BCUT2D eigenvalue weighted by molar-refractivity contribution is 0.102. The Balaban J connectivity index is 1.77. The van der Waals surface area contributed by atoms with E-state index in [4.69, 9.17) is 9.72 Å². The van der Waals surface area contributed by atoms with E-state index in [0.29, 0.717) is 22.7 Å². The van der Waals surface area contributed by atoms with Crippen LogP contribution in [0.5, 0.6) is 5.75 Å². The lowest BCUT2D eigenvalue weighted by Gasteiger charge is -2.10. The molecule has 0 saturated carbocycles. The fourth-order valence-electron chi connectivity index (χ4n) is 3.08. The molecule has 0 spiro atoms. The smallest absolute Gasteiger partial charge is 0.256 e. The molecule has 140 valence electrons. The number of benzene rings is 2. The summed E-state index contributed by atoms with van der Waals surface area (Å²) in [6.45, 7) is 2.80. The molecule has 4 rings (SSSR count). The Morgan fingerprint density at radius 2 is 2.00 bits per heavy atom. The van der Waals surface area contributed by atoms with E-state index in [1.54, 1.807) is 19.4 Å². The summed E-state index contributed by atoms with van der Waals surface area (Å²) in [5.41, 5.74) is 3.59. The van der Waals surface area contributed by atoms with E-state index in [2.05, 4.69) is 10.4 Å². The Bertz CT molecular complexity index is 1150. The minimum absolute atomic E-state index is 0.198. The van der Waals surface area contributed by atoms with Crippen molar-refractivity contribution in [2.75, 3.05) is 12.4 Å². The van der Waals surface area contributed by atoms with Gasteiger partial charge in [-0.25, -0.2) is 4.98 Å². The third-order valence-electron chi connectivity index (χ3n) is 4.54. The molecule has 2 aromatic heterocycles. The molecule has 0 bridgehead atoms. The van der Waals surface area contributed by atoms with Crippen LogP contribution >= 0.6 is 0 Å². The molecule has 0 unspecified atom stereocenters. The van der Waals surface area contributed by atoms with E-state index in [1.165, 1.54) is 0 Å². The molecule has 0 fully saturated rings. The number of methoxy groups -OCH3 is 1. The van der Waals surface area contributed by atoms with Crippen LogP contribution < -0.4 is 10.1 Å². The molecule has 28 heavy (non-hydrogen) atoms. The summed E-state index contributed by atoms with van der Waals surface area (Å²) >= 11 is 0. The van der Waals surface area contributed by atoms with Crippen molar-refractivity contribution >= 4 is 22.5 Å². The Morgan fingerprint density at radius 1 is 1.14 bits per heavy atom. The maximum atomic E-state index is 13.1. The van der Waals surface area contributed by atoms with Crippen LogP contribution in [0.15, 0.2) is 67.0 Å². The molecule has 0 radical (unpaired) electrons. The largest absolute Gasteiger partial charge is 0.497 e. The number of ether oxygens (including phenoxy) is 1. The highest BCUT2D eigenvalue weighted by Crippen LogP contribution is 2.26. The molecule has 0 aliphatic heterocycles. The lowest BCUT2D eigenvalue weighted by Crippen LogP contribution is -2.13. The van der Waals surface area contributed by atoms with Crippen LogP contribution in [0.3, 0.4) is 0 Å². The van der Waals surface area contributed by atoms with Gasteiger partial charge < -0.3 is 10.1 Å². The SMILES string of the molecule is CCn1cc(-c2cc(C(=O)Nc3cccc(OC)c3)c3ccccc3n2)cn1. The number of nitrogens with zero attached hydrogens (tertiary/aromatic N) is 3. The van der Waals surface area contributed by atoms with Crippen LogP contribution in [0, 0.1) is 0 Å². The van der Waals surface area contributed by atoms with E-state index in [-0.39, 0.29) is 5.91 Å². The first-order valence-electron chi connectivity index (χ1n) is 9.06. The van der Waals surface area contributed by atoms with Gasteiger partial charge in [-0.05, 0) is 31.2 Å². The quantitative estimate of drug-likeness (QED) is 0.564. The third-order valence-corrected chi connectivity index (χ3v) is 4.54. The van der Waals surface area contributed by atoms with Gasteiger partial charge in [0.2, 0.25) is 0 Å². The van der Waals surface area contributed by atoms with E-state index >= 15 is 0 Å². The molecular weight excluding hydrogens is 352 g/mol. The normalized spacial score (nSPS) is 10.8. The average molecular weight is 372 g/mol. The summed E-state index contributed by atoms with van der Waals surface area (Å²) in [6, 6.07) is 16.7. The monoisotopic (exact) mass is 372 g/mol. The van der Waals surface area contributed by atoms with Gasteiger partial charge in [0, 0.05) is 35.4 Å². The summed E-state index contributed by atoms with van der Waals surface area (Å²) in [4.78, 5) is 17.8. The number of carbonyl (C=O) groups is 1. The zero-order chi connectivity index (χ0) is 19.5. The molecule has 0 saturated heterocycles. The van der Waals surface area contributed by atoms with Gasteiger partial charge in [0.15, 0.2) is 0 Å². The van der Waals surface area contributed by atoms with Crippen molar-refractivity contribution in [3.8, 4) is 17.0 Å². The molecule has 0 aliphatic carbocycles. The van der Waals surface area contributed by atoms with Crippen molar-refractivity contribution in [1.29, 1.82) is 0 Å². The highest BCUT2D eigenvalue weighted by atomic mass is 16.5. The van der Waals surface area contributed by atoms with Gasteiger partial charge in [-0.1, -0.05) is 24.3 Å². The number of aromatic nitrogens is 3. The van der Waals surface area contributed by atoms with Crippen LogP contribution in [0.2, 0.25) is 0 Å². The van der Waals surface area contributed by atoms with Crippen molar-refractivity contribution in [3.05, 3.63) is 72.6 Å². The fraction of sp³-hybridized carbons (Fsp3) is 0.136. The minimum Gasteiger partial charge on any atom is -0.497 e. The Kier molecular flexibility index (Phi) is 4.76. The van der Waals surface area contributed by atoms with Gasteiger partial charge in [-0.3, -0.25) is 9.48 Å². The van der Waals surface area contributed by atoms with Gasteiger partial charge in [0.25, 0.3) is 5.91 Å². The molecule has 4 aromatic rings. The molecule has 1 N–H and O–H groups in total. The maximum absolute atomic E-state index is 13.1. The van der Waals surface area contributed by atoms with Crippen LogP contribution in [-0.2, 0) is 6.54 Å². The zero-order valence-corrected chi connectivity index (χ0v) is 15.7. The molecule has 6 nitrogen and oxygen atoms in total. The summed E-state index contributed by atoms with van der Waals surface area (Å²) in [6.07, 6.45) is 3.70. The second-order valence-electron chi connectivity index (χ2n) is 6.34. The van der Waals surface area contributed by atoms with E-state index in [0.717, 1.165) is 23.0 Å². The second-order valence-corrected chi connectivity index (χ2v) is 6.34. The van der Waals surface area contributed by atoms with E-state index in [9.17, 15) is 4.79 Å². The van der Waals surface area contributed by atoms with Gasteiger partial charge in [0.1, 0.15) is 5.75 Å². The van der Waals surface area contributed by atoms with Crippen molar-refractivity contribution < 1.29 is 9.53 Å². The van der Waals surface area contributed by atoms with Crippen molar-refractivity contribution in [2.24, 2.45) is 0 Å². The summed E-state index contributed by atoms with van der Waals surface area (Å²) in [5, 5.41) is 8.07. The van der Waals surface area contributed by atoms with Crippen LogP contribution in [0.25, 0.3) is 22.2 Å². The number of amides is 1. The second kappa shape index (κ2) is 7.52. The van der Waals surface area contributed by atoms with Crippen LogP contribution in [-0.4, -0.2) is 27.8 Å². The van der Waals surface area contributed by atoms with E-state index < -0.39 is 0 Å². The molecule has 0 atom stereocenters. The first kappa shape index (κ1) is 17.7. The third kappa shape index (κ3) is 3.44. The topological polar surface area (TPSA) is 69.0 Å². The lowest BCUT2D eigenvalue weighted by atomic mass is 10.0. The molecule has 0 aliphatic rings. The number of anilines is 1. The van der Waals surface area contributed by atoms with Gasteiger partial charge >= 0.3 is 0 Å². The molecular formula is C22H20N4O2. The molecule has 2 heterocycles.